The van der Waals surface area contributed by atoms with Gasteiger partial charge in [0.1, 0.15) is 5.82 Å². The highest BCUT2D eigenvalue weighted by Crippen LogP contribution is 2.20. The van der Waals surface area contributed by atoms with E-state index in [0.717, 1.165) is 18.9 Å². The Kier molecular flexibility index (Phi) is 2.60. The van der Waals surface area contributed by atoms with E-state index in [1.807, 2.05) is 0 Å². The molecular formula is C11H10FNO3. The molecule has 0 bridgehead atoms. The number of carbonyl (C=O) groups is 2. The molecule has 1 aliphatic rings. The Morgan fingerprint density at radius 3 is 2.56 bits per heavy atom. The Morgan fingerprint density at radius 2 is 2.06 bits per heavy atom. The smallest absolute Gasteiger partial charge is 0.335 e. The number of hydrogen-bond acceptors (Lipinski definition) is 2. The molecule has 2 N–H and O–H groups in total. The highest BCUT2D eigenvalue weighted by molar-refractivity contribution is 5.96. The molecule has 84 valence electrons. The maximum atomic E-state index is 13.4. The summed E-state index contributed by atoms with van der Waals surface area (Å²) in [5, 5.41) is 11.3. The molecule has 1 fully saturated rings. The largest absolute Gasteiger partial charge is 0.478 e. The van der Waals surface area contributed by atoms with Crippen LogP contribution in [0, 0.1) is 5.82 Å². The fourth-order valence-corrected chi connectivity index (χ4v) is 1.32. The fourth-order valence-electron chi connectivity index (χ4n) is 1.32. The lowest BCUT2D eigenvalue weighted by atomic mass is 10.1. The van der Waals surface area contributed by atoms with Crippen molar-refractivity contribution in [2.45, 2.75) is 18.9 Å². The van der Waals surface area contributed by atoms with Crippen LogP contribution in [0.1, 0.15) is 33.6 Å². The van der Waals surface area contributed by atoms with Crippen LogP contribution < -0.4 is 5.32 Å². The lowest BCUT2D eigenvalue weighted by Gasteiger charge is -2.04. The average molecular weight is 223 g/mol. The highest BCUT2D eigenvalue weighted by Gasteiger charge is 2.25. The fraction of sp³-hybridized carbons (Fsp3) is 0.273. The number of benzene rings is 1. The Labute approximate surface area is 91.1 Å². The van der Waals surface area contributed by atoms with Gasteiger partial charge in [-0.05, 0) is 31.0 Å². The van der Waals surface area contributed by atoms with Gasteiger partial charge in [-0.1, -0.05) is 0 Å². The van der Waals surface area contributed by atoms with Crippen LogP contribution >= 0.6 is 0 Å². The van der Waals surface area contributed by atoms with Gasteiger partial charge in [0, 0.05) is 6.04 Å². The van der Waals surface area contributed by atoms with Gasteiger partial charge in [0.05, 0.1) is 11.1 Å². The minimum absolute atomic E-state index is 0.114. The van der Waals surface area contributed by atoms with Gasteiger partial charge in [-0.15, -0.1) is 0 Å². The molecule has 16 heavy (non-hydrogen) atoms. The molecule has 0 aliphatic heterocycles. The van der Waals surface area contributed by atoms with Crippen LogP contribution in [0.4, 0.5) is 4.39 Å². The van der Waals surface area contributed by atoms with Gasteiger partial charge in [-0.3, -0.25) is 4.79 Å². The predicted molar refractivity (Wildman–Crippen MR) is 53.8 cm³/mol. The maximum absolute atomic E-state index is 13.4. The minimum atomic E-state index is -1.21. The molecule has 1 aliphatic carbocycles. The third-order valence-corrected chi connectivity index (χ3v) is 2.37. The first-order valence-corrected chi connectivity index (χ1v) is 4.91. The zero-order valence-electron chi connectivity index (χ0n) is 8.37. The molecule has 1 saturated carbocycles. The molecule has 1 amide bonds. The summed E-state index contributed by atoms with van der Waals surface area (Å²) in [4.78, 5) is 22.1. The summed E-state index contributed by atoms with van der Waals surface area (Å²) in [6.07, 6.45) is 1.83. The van der Waals surface area contributed by atoms with E-state index in [9.17, 15) is 14.0 Å². The number of halogens is 1. The van der Waals surface area contributed by atoms with Crippen LogP contribution in [0.2, 0.25) is 0 Å². The normalized spacial score (nSPS) is 14.6. The van der Waals surface area contributed by atoms with E-state index in [-0.39, 0.29) is 17.2 Å². The summed E-state index contributed by atoms with van der Waals surface area (Å²) >= 11 is 0. The zero-order valence-corrected chi connectivity index (χ0v) is 8.37. The molecule has 1 aromatic rings. The Morgan fingerprint density at radius 1 is 1.38 bits per heavy atom. The van der Waals surface area contributed by atoms with Crippen LogP contribution in [-0.4, -0.2) is 23.0 Å². The van der Waals surface area contributed by atoms with E-state index in [2.05, 4.69) is 5.32 Å². The quantitative estimate of drug-likeness (QED) is 0.814. The van der Waals surface area contributed by atoms with Crippen molar-refractivity contribution in [3.8, 4) is 0 Å². The summed E-state index contributed by atoms with van der Waals surface area (Å²) < 4.78 is 13.4. The van der Waals surface area contributed by atoms with E-state index < -0.39 is 17.7 Å². The number of carbonyl (C=O) groups excluding carboxylic acids is 1. The van der Waals surface area contributed by atoms with Gasteiger partial charge < -0.3 is 10.4 Å². The molecule has 0 unspecified atom stereocenters. The number of hydrogen-bond donors (Lipinski definition) is 2. The third kappa shape index (κ3) is 2.18. The van der Waals surface area contributed by atoms with E-state index in [1.165, 1.54) is 12.1 Å². The summed E-state index contributed by atoms with van der Waals surface area (Å²) in [7, 11) is 0. The van der Waals surface area contributed by atoms with Crippen LogP contribution in [0.5, 0.6) is 0 Å². The van der Waals surface area contributed by atoms with Gasteiger partial charge in [-0.2, -0.15) is 0 Å². The van der Waals surface area contributed by atoms with Crippen molar-refractivity contribution in [2.75, 3.05) is 0 Å². The summed E-state index contributed by atoms with van der Waals surface area (Å²) in [5.41, 5.74) is -0.280. The second kappa shape index (κ2) is 3.92. The number of carboxylic acids is 1. The number of carboxylic acid groups (broad SMARTS) is 1. The average Bonchev–Trinajstić information content (AvgIpc) is 3.01. The first-order valence-electron chi connectivity index (χ1n) is 4.91. The van der Waals surface area contributed by atoms with Crippen LogP contribution in [0.15, 0.2) is 18.2 Å². The number of nitrogens with one attached hydrogen (secondary N) is 1. The van der Waals surface area contributed by atoms with Gasteiger partial charge in [0.2, 0.25) is 0 Å². The molecule has 2 rings (SSSR count). The Balaban J connectivity index is 2.20. The van der Waals surface area contributed by atoms with E-state index in [1.54, 1.807) is 0 Å². The van der Waals surface area contributed by atoms with Crippen molar-refractivity contribution in [3.05, 3.63) is 35.1 Å². The summed E-state index contributed by atoms with van der Waals surface area (Å²) in [6, 6.07) is 3.40. The van der Waals surface area contributed by atoms with Crippen LogP contribution in [0.25, 0.3) is 0 Å². The van der Waals surface area contributed by atoms with Crippen molar-refractivity contribution in [1.29, 1.82) is 0 Å². The molecule has 0 aromatic heterocycles. The lowest BCUT2D eigenvalue weighted by molar-refractivity contribution is 0.0695. The molecule has 4 nitrogen and oxygen atoms in total. The molecule has 0 radical (unpaired) electrons. The first-order chi connectivity index (χ1) is 7.58. The minimum Gasteiger partial charge on any atom is -0.478 e. The zero-order chi connectivity index (χ0) is 11.7. The Bertz CT molecular complexity index is 455. The number of aromatic carboxylic acids is 1. The van der Waals surface area contributed by atoms with Crippen molar-refractivity contribution >= 4 is 11.9 Å². The highest BCUT2D eigenvalue weighted by atomic mass is 19.1. The van der Waals surface area contributed by atoms with Gasteiger partial charge in [0.15, 0.2) is 0 Å². The van der Waals surface area contributed by atoms with Gasteiger partial charge in [-0.25, -0.2) is 9.18 Å². The predicted octanol–water partition coefficient (Wildman–Crippen LogP) is 1.42. The first kappa shape index (κ1) is 10.6. The SMILES string of the molecule is O=C(O)c1ccc(C(=O)NC2CC2)c(F)c1. The van der Waals surface area contributed by atoms with Gasteiger partial charge >= 0.3 is 5.97 Å². The lowest BCUT2D eigenvalue weighted by Crippen LogP contribution is -2.26. The van der Waals surface area contributed by atoms with Crippen molar-refractivity contribution < 1.29 is 19.1 Å². The van der Waals surface area contributed by atoms with Crippen molar-refractivity contribution in [1.82, 2.24) is 5.32 Å². The number of amides is 1. The molecule has 0 atom stereocenters. The summed E-state index contributed by atoms with van der Waals surface area (Å²) in [5.74, 6) is -2.51. The van der Waals surface area contributed by atoms with Crippen LogP contribution in [0.3, 0.4) is 0 Å². The van der Waals surface area contributed by atoms with E-state index >= 15 is 0 Å². The molecule has 5 heteroatoms. The topological polar surface area (TPSA) is 66.4 Å². The van der Waals surface area contributed by atoms with Gasteiger partial charge in [0.25, 0.3) is 5.91 Å². The second-order valence-electron chi connectivity index (χ2n) is 3.75. The van der Waals surface area contributed by atoms with E-state index in [4.69, 9.17) is 5.11 Å². The third-order valence-electron chi connectivity index (χ3n) is 2.37. The van der Waals surface area contributed by atoms with Crippen molar-refractivity contribution in [2.24, 2.45) is 0 Å². The molecule has 0 spiro atoms. The molecule has 0 heterocycles. The monoisotopic (exact) mass is 223 g/mol. The Hall–Kier alpha value is -1.91. The van der Waals surface area contributed by atoms with Crippen LogP contribution in [-0.2, 0) is 0 Å². The molecular weight excluding hydrogens is 213 g/mol. The van der Waals surface area contributed by atoms with E-state index in [0.29, 0.717) is 0 Å². The number of rotatable bonds is 3. The standard InChI is InChI=1S/C11H10FNO3/c12-9-5-6(11(15)16)1-4-8(9)10(14)13-7-2-3-7/h1,4-5,7H,2-3H2,(H,13,14)(H,15,16). The molecule has 1 aromatic carbocycles. The van der Waals surface area contributed by atoms with Crippen molar-refractivity contribution in [3.63, 3.8) is 0 Å². The summed E-state index contributed by atoms with van der Waals surface area (Å²) in [6.45, 7) is 0. The molecule has 0 saturated heterocycles. The second-order valence-corrected chi connectivity index (χ2v) is 3.75. The maximum Gasteiger partial charge on any atom is 0.335 e.